The van der Waals surface area contributed by atoms with Crippen molar-refractivity contribution in [3.8, 4) is 22.5 Å². The molecule has 0 atom stereocenters. The maximum absolute atomic E-state index is 13.5. The number of hydrogen-bond acceptors (Lipinski definition) is 4. The van der Waals surface area contributed by atoms with Crippen molar-refractivity contribution in [2.75, 3.05) is 0 Å². The van der Waals surface area contributed by atoms with Crippen molar-refractivity contribution in [1.29, 1.82) is 0 Å². The topological polar surface area (TPSA) is 59.9 Å². The Labute approximate surface area is 204 Å². The molecular formula is C32H14N2O2. The number of benzene rings is 5. The van der Waals surface area contributed by atoms with Gasteiger partial charge in [0.25, 0.3) is 0 Å². The molecule has 2 aromatic heterocycles. The Bertz CT molecular complexity index is 2020. The van der Waals surface area contributed by atoms with Crippen LogP contribution in [0, 0.1) is 0 Å². The molecule has 0 spiro atoms. The van der Waals surface area contributed by atoms with Gasteiger partial charge < -0.3 is 0 Å². The Morgan fingerprint density at radius 2 is 0.806 bits per heavy atom. The quantitative estimate of drug-likeness (QED) is 0.182. The van der Waals surface area contributed by atoms with Crippen molar-refractivity contribution in [3.05, 3.63) is 107 Å². The molecule has 2 aliphatic carbocycles. The van der Waals surface area contributed by atoms with Gasteiger partial charge in [-0.3, -0.25) is 19.6 Å². The fourth-order valence-corrected chi connectivity index (χ4v) is 6.48. The number of hydrogen-bond donors (Lipinski definition) is 0. The van der Waals surface area contributed by atoms with Crippen LogP contribution in [0.5, 0.6) is 0 Å². The molecule has 7 aromatic rings. The lowest BCUT2D eigenvalue weighted by Crippen LogP contribution is -2.12. The van der Waals surface area contributed by atoms with Gasteiger partial charge in [0.15, 0.2) is 11.6 Å². The normalized spacial score (nSPS) is 13.7. The molecule has 2 heterocycles. The first-order valence-corrected chi connectivity index (χ1v) is 11.9. The molecule has 4 heteroatoms. The summed E-state index contributed by atoms with van der Waals surface area (Å²) in [6.45, 7) is 0. The zero-order valence-electron chi connectivity index (χ0n) is 18.8. The van der Waals surface area contributed by atoms with Gasteiger partial charge in [-0.2, -0.15) is 0 Å². The van der Waals surface area contributed by atoms with E-state index in [1.807, 2.05) is 73.1 Å². The number of fused-ring (bicyclic) bond motifs is 6. The van der Waals surface area contributed by atoms with E-state index in [4.69, 9.17) is 9.97 Å². The summed E-state index contributed by atoms with van der Waals surface area (Å²) in [6, 6.07) is 23.4. The summed E-state index contributed by atoms with van der Waals surface area (Å²) in [4.78, 5) is 36.7. The molecule has 0 radical (unpaired) electrons. The summed E-state index contributed by atoms with van der Waals surface area (Å²) in [5.74, 6) is 0.0555. The first-order valence-electron chi connectivity index (χ1n) is 11.9. The van der Waals surface area contributed by atoms with Crippen molar-refractivity contribution in [2.45, 2.75) is 0 Å². The number of carbonyl (C=O) groups excluding carboxylic acids is 2. The predicted octanol–water partition coefficient (Wildman–Crippen LogP) is 6.95. The summed E-state index contributed by atoms with van der Waals surface area (Å²) in [6.07, 6.45) is 3.82. The zero-order valence-corrected chi connectivity index (χ0v) is 18.8. The lowest BCUT2D eigenvalue weighted by molar-refractivity contribution is 0.103. The second kappa shape index (κ2) is 5.99. The number of pyridine rings is 2. The molecule has 0 fully saturated rings. The first kappa shape index (κ1) is 18.4. The maximum atomic E-state index is 13.5. The highest BCUT2D eigenvalue weighted by molar-refractivity contribution is 6.40. The van der Waals surface area contributed by atoms with Crippen molar-refractivity contribution in [3.63, 3.8) is 0 Å². The molecule has 2 aliphatic rings. The van der Waals surface area contributed by atoms with Crippen LogP contribution < -0.4 is 0 Å². The number of rotatable bonds is 0. The third kappa shape index (κ3) is 1.92. The summed E-state index contributed by atoms with van der Waals surface area (Å²) >= 11 is 0. The second-order valence-corrected chi connectivity index (χ2v) is 9.61. The van der Waals surface area contributed by atoms with E-state index in [1.54, 1.807) is 0 Å². The molecule has 0 unspecified atom stereocenters. The molecular weight excluding hydrogens is 444 g/mol. The largest absolute Gasteiger partial charge is 0.289 e. The lowest BCUT2D eigenvalue weighted by Gasteiger charge is -2.24. The van der Waals surface area contributed by atoms with Gasteiger partial charge in [-0.15, -0.1) is 0 Å². The van der Waals surface area contributed by atoms with Gasteiger partial charge in [0.2, 0.25) is 0 Å². The van der Waals surface area contributed by atoms with E-state index >= 15 is 0 Å². The molecule has 4 nitrogen and oxygen atoms in total. The van der Waals surface area contributed by atoms with Crippen LogP contribution in [0.3, 0.4) is 0 Å². The monoisotopic (exact) mass is 458 g/mol. The highest BCUT2D eigenvalue weighted by Gasteiger charge is 2.31. The van der Waals surface area contributed by atoms with E-state index in [0.29, 0.717) is 22.3 Å². The van der Waals surface area contributed by atoms with Gasteiger partial charge >= 0.3 is 0 Å². The fourth-order valence-electron chi connectivity index (χ4n) is 6.48. The third-order valence-corrected chi connectivity index (χ3v) is 7.99. The number of aromatic nitrogens is 2. The molecule has 0 amide bonds. The molecule has 0 bridgehead atoms. The van der Waals surface area contributed by atoms with E-state index in [2.05, 4.69) is 12.1 Å². The van der Waals surface area contributed by atoms with E-state index < -0.39 is 0 Å². The van der Waals surface area contributed by atoms with Crippen molar-refractivity contribution in [1.82, 2.24) is 9.97 Å². The molecule has 0 saturated heterocycles. The molecule has 0 N–H and O–H groups in total. The predicted molar refractivity (Wildman–Crippen MR) is 141 cm³/mol. The Hall–Kier alpha value is -4.96. The average Bonchev–Trinajstić information content (AvgIpc) is 2.94. The fraction of sp³-hybridized carbons (Fsp3) is 0. The van der Waals surface area contributed by atoms with Crippen LogP contribution in [0.2, 0.25) is 0 Å². The Balaban J connectivity index is 1.53. The molecule has 164 valence electrons. The van der Waals surface area contributed by atoms with E-state index in [0.717, 1.165) is 65.6 Å². The molecule has 9 rings (SSSR count). The first-order chi connectivity index (χ1) is 17.7. The van der Waals surface area contributed by atoms with Crippen LogP contribution in [0.25, 0.3) is 65.6 Å². The summed E-state index contributed by atoms with van der Waals surface area (Å²) in [5.41, 5.74) is 6.16. The van der Waals surface area contributed by atoms with Gasteiger partial charge in [0, 0.05) is 78.1 Å². The van der Waals surface area contributed by atoms with Crippen LogP contribution in [0.1, 0.15) is 31.8 Å². The number of ketones is 2. The van der Waals surface area contributed by atoms with Crippen molar-refractivity contribution < 1.29 is 9.59 Å². The minimum atomic E-state index is 0.0278. The highest BCUT2D eigenvalue weighted by Crippen LogP contribution is 2.49. The summed E-state index contributed by atoms with van der Waals surface area (Å²) in [7, 11) is 0. The number of nitrogens with zero attached hydrogens (tertiary/aromatic N) is 2. The smallest absolute Gasteiger partial charge is 0.194 e. The van der Waals surface area contributed by atoms with E-state index in [9.17, 15) is 9.59 Å². The molecule has 0 aliphatic heterocycles. The number of carbonyl (C=O) groups is 2. The summed E-state index contributed by atoms with van der Waals surface area (Å²) < 4.78 is 0. The standard InChI is InChI=1S/C32H14N2O2/c35-31-19-7-3-1-5-17(19)29-27-21(31)11-9-15-16-10-12-22-28-26(16)24(23(13-33-29)25(15)27)14-34-30(28)18-6-2-4-8-20(18)32(22)36/h1-14H. The zero-order chi connectivity index (χ0) is 23.7. The average molecular weight is 458 g/mol. The SMILES string of the molecule is O=C1c2ccccc2-c2ncc3c4cnc5c6c(ccc(c7ccc1c2c73)c64)C(=O)c1ccccc1-5. The van der Waals surface area contributed by atoms with Crippen LogP contribution in [0.4, 0.5) is 0 Å². The Morgan fingerprint density at radius 1 is 0.389 bits per heavy atom. The Kier molecular flexibility index (Phi) is 3.06. The summed E-state index contributed by atoms with van der Waals surface area (Å²) in [5, 5.41) is 7.87. The van der Waals surface area contributed by atoms with Crippen LogP contribution >= 0.6 is 0 Å². The minimum absolute atomic E-state index is 0.0278. The molecule has 36 heavy (non-hydrogen) atoms. The van der Waals surface area contributed by atoms with E-state index in [-0.39, 0.29) is 11.6 Å². The van der Waals surface area contributed by atoms with Gasteiger partial charge in [0.05, 0.1) is 11.4 Å². The Morgan fingerprint density at radius 3 is 1.25 bits per heavy atom. The van der Waals surface area contributed by atoms with Crippen LogP contribution in [0.15, 0.2) is 85.2 Å². The maximum Gasteiger partial charge on any atom is 0.194 e. The van der Waals surface area contributed by atoms with Gasteiger partial charge in [-0.05, 0) is 22.9 Å². The third-order valence-electron chi connectivity index (χ3n) is 7.99. The molecule has 0 saturated carbocycles. The lowest BCUT2D eigenvalue weighted by atomic mass is 9.79. The highest BCUT2D eigenvalue weighted by atomic mass is 16.1. The van der Waals surface area contributed by atoms with Crippen molar-refractivity contribution >= 4 is 54.7 Å². The van der Waals surface area contributed by atoms with Gasteiger partial charge in [-0.1, -0.05) is 60.7 Å². The molecule has 5 aromatic carbocycles. The van der Waals surface area contributed by atoms with Gasteiger partial charge in [-0.25, -0.2) is 0 Å². The second-order valence-electron chi connectivity index (χ2n) is 9.61. The van der Waals surface area contributed by atoms with Crippen LogP contribution in [-0.4, -0.2) is 21.5 Å². The van der Waals surface area contributed by atoms with E-state index in [1.165, 1.54) is 0 Å². The van der Waals surface area contributed by atoms with Crippen LogP contribution in [-0.2, 0) is 0 Å². The van der Waals surface area contributed by atoms with Gasteiger partial charge in [0.1, 0.15) is 0 Å². The minimum Gasteiger partial charge on any atom is -0.289 e. The van der Waals surface area contributed by atoms with Crippen molar-refractivity contribution in [2.24, 2.45) is 0 Å².